The zero-order valence-corrected chi connectivity index (χ0v) is 14.9. The minimum atomic E-state index is -0.193. The van der Waals surface area contributed by atoms with Crippen LogP contribution in [0.5, 0.6) is 5.75 Å². The number of thioether (sulfide) groups is 1. The Morgan fingerprint density at radius 2 is 2.04 bits per heavy atom. The molecule has 0 saturated heterocycles. The van der Waals surface area contributed by atoms with Crippen molar-refractivity contribution in [2.75, 3.05) is 11.1 Å². The highest BCUT2D eigenvalue weighted by molar-refractivity contribution is 7.99. The lowest BCUT2D eigenvalue weighted by atomic mass is 10.1. The van der Waals surface area contributed by atoms with Crippen LogP contribution in [0.15, 0.2) is 60.0 Å². The van der Waals surface area contributed by atoms with Gasteiger partial charge < -0.3 is 10.4 Å². The lowest BCUT2D eigenvalue weighted by molar-refractivity contribution is -0.113. The molecule has 0 radical (unpaired) electrons. The highest BCUT2D eigenvalue weighted by Gasteiger charge is 2.12. The number of nitrogens with one attached hydrogen (secondary N) is 1. The van der Waals surface area contributed by atoms with Crippen molar-refractivity contribution >= 4 is 23.4 Å². The molecule has 5 nitrogen and oxygen atoms in total. The zero-order chi connectivity index (χ0) is 17.8. The Labute approximate surface area is 150 Å². The minimum absolute atomic E-state index is 0.0535. The quantitative estimate of drug-likeness (QED) is 0.539. The van der Waals surface area contributed by atoms with Gasteiger partial charge in [0.05, 0.1) is 17.1 Å². The van der Waals surface area contributed by atoms with E-state index in [1.165, 1.54) is 23.4 Å². The molecule has 0 unspecified atom stereocenters. The number of aromatic nitrogens is 2. The third-order valence-electron chi connectivity index (χ3n) is 3.74. The number of aryl methyl sites for hydroxylation is 2. The lowest BCUT2D eigenvalue weighted by Crippen LogP contribution is -2.14. The van der Waals surface area contributed by atoms with Crippen molar-refractivity contribution in [3.63, 3.8) is 0 Å². The molecule has 0 spiro atoms. The molecule has 25 heavy (non-hydrogen) atoms. The summed E-state index contributed by atoms with van der Waals surface area (Å²) in [4.78, 5) is 16.5. The Morgan fingerprint density at radius 3 is 2.84 bits per heavy atom. The average Bonchev–Trinajstić information content (AvgIpc) is 3.05. The molecule has 3 rings (SSSR count). The van der Waals surface area contributed by atoms with E-state index in [9.17, 15) is 9.90 Å². The van der Waals surface area contributed by atoms with E-state index in [1.807, 2.05) is 24.6 Å². The molecular formula is C19H19N3O2S. The molecule has 2 N–H and O–H groups in total. The number of carbonyl (C=O) groups excluding carboxylic acids is 1. The number of hydrogen-bond acceptors (Lipinski definition) is 4. The Morgan fingerprint density at radius 1 is 1.24 bits per heavy atom. The van der Waals surface area contributed by atoms with Crippen LogP contribution in [0.3, 0.4) is 0 Å². The molecular weight excluding hydrogens is 334 g/mol. The summed E-state index contributed by atoms with van der Waals surface area (Å²) in [5.41, 5.74) is 3.78. The number of benzene rings is 2. The zero-order valence-electron chi connectivity index (χ0n) is 14.1. The molecule has 1 aromatic heterocycles. The molecule has 3 aromatic rings. The summed E-state index contributed by atoms with van der Waals surface area (Å²) in [7, 11) is 0. The first-order valence-corrected chi connectivity index (χ1v) is 8.85. The molecule has 0 bridgehead atoms. The summed E-state index contributed by atoms with van der Waals surface area (Å²) in [5.74, 6) is 0.0655. The summed E-state index contributed by atoms with van der Waals surface area (Å²) in [6, 6.07) is 12.9. The van der Waals surface area contributed by atoms with Crippen LogP contribution in [0.4, 0.5) is 5.69 Å². The number of carbonyl (C=O) groups is 1. The lowest BCUT2D eigenvalue weighted by Gasteiger charge is -2.11. The second-order valence-electron chi connectivity index (χ2n) is 5.72. The first-order chi connectivity index (χ1) is 12.0. The predicted molar refractivity (Wildman–Crippen MR) is 100 cm³/mol. The number of phenols is 1. The number of anilines is 1. The Hall–Kier alpha value is -2.73. The summed E-state index contributed by atoms with van der Waals surface area (Å²) < 4.78 is 1.99. The first kappa shape index (κ1) is 17.1. The second-order valence-corrected chi connectivity index (χ2v) is 6.67. The van der Waals surface area contributed by atoms with E-state index in [0.29, 0.717) is 5.69 Å². The van der Waals surface area contributed by atoms with Gasteiger partial charge in [-0.3, -0.25) is 9.36 Å². The van der Waals surface area contributed by atoms with E-state index in [4.69, 9.17) is 0 Å². The van der Waals surface area contributed by atoms with Crippen LogP contribution in [0.2, 0.25) is 0 Å². The smallest absolute Gasteiger partial charge is 0.234 e. The number of para-hydroxylation sites is 2. The molecule has 1 heterocycles. The highest BCUT2D eigenvalue weighted by Crippen LogP contribution is 2.25. The van der Waals surface area contributed by atoms with Gasteiger partial charge in [0.15, 0.2) is 5.16 Å². The predicted octanol–water partition coefficient (Wildman–Crippen LogP) is 3.93. The van der Waals surface area contributed by atoms with Gasteiger partial charge in [0.25, 0.3) is 0 Å². The Balaban J connectivity index is 1.71. The molecule has 6 heteroatoms. The summed E-state index contributed by atoms with van der Waals surface area (Å²) >= 11 is 1.35. The van der Waals surface area contributed by atoms with Crippen LogP contribution in [0.25, 0.3) is 5.69 Å². The Kier molecular flexibility index (Phi) is 5.09. The first-order valence-electron chi connectivity index (χ1n) is 7.86. The summed E-state index contributed by atoms with van der Waals surface area (Å²) in [5, 5.41) is 13.2. The standard InChI is InChI=1S/C19H19N3O2S/c1-13-7-8-14(2)16(11-13)22-10-9-20-19(22)25-12-18(24)21-15-5-3-4-6-17(15)23/h3-11,23H,12H2,1-2H3,(H,21,24). The van der Waals surface area contributed by atoms with Crippen LogP contribution < -0.4 is 5.32 Å². The monoisotopic (exact) mass is 353 g/mol. The number of rotatable bonds is 5. The highest BCUT2D eigenvalue weighted by atomic mass is 32.2. The van der Waals surface area contributed by atoms with Gasteiger partial charge in [0.2, 0.25) is 5.91 Å². The van der Waals surface area contributed by atoms with Crippen molar-refractivity contribution in [1.82, 2.24) is 9.55 Å². The third kappa shape index (κ3) is 4.03. The molecule has 0 aliphatic carbocycles. The number of phenolic OH excluding ortho intramolecular Hbond substituents is 1. The number of nitrogens with zero attached hydrogens (tertiary/aromatic N) is 2. The molecule has 128 valence electrons. The molecule has 2 aromatic carbocycles. The largest absolute Gasteiger partial charge is 0.506 e. The van der Waals surface area contributed by atoms with Crippen molar-refractivity contribution in [2.24, 2.45) is 0 Å². The van der Waals surface area contributed by atoms with Gasteiger partial charge in [0, 0.05) is 12.4 Å². The van der Waals surface area contributed by atoms with E-state index >= 15 is 0 Å². The number of imidazole rings is 1. The van der Waals surface area contributed by atoms with Crippen molar-refractivity contribution in [2.45, 2.75) is 19.0 Å². The van der Waals surface area contributed by atoms with Crippen molar-refractivity contribution < 1.29 is 9.90 Å². The SMILES string of the molecule is Cc1ccc(C)c(-n2ccnc2SCC(=O)Nc2ccccc2O)c1. The van der Waals surface area contributed by atoms with Crippen molar-refractivity contribution in [1.29, 1.82) is 0 Å². The van der Waals surface area contributed by atoms with Crippen LogP contribution in [0, 0.1) is 13.8 Å². The second kappa shape index (κ2) is 7.44. The normalized spacial score (nSPS) is 10.6. The third-order valence-corrected chi connectivity index (χ3v) is 4.71. The number of hydrogen-bond donors (Lipinski definition) is 2. The van der Waals surface area contributed by atoms with Crippen molar-refractivity contribution in [3.05, 3.63) is 66.0 Å². The van der Waals surface area contributed by atoms with E-state index in [1.54, 1.807) is 24.4 Å². The van der Waals surface area contributed by atoms with Crippen molar-refractivity contribution in [3.8, 4) is 11.4 Å². The minimum Gasteiger partial charge on any atom is -0.506 e. The Bertz CT molecular complexity index is 905. The number of aromatic hydroxyl groups is 1. The molecule has 0 saturated carbocycles. The molecule has 1 amide bonds. The summed E-state index contributed by atoms with van der Waals surface area (Å²) in [6.45, 7) is 4.10. The molecule has 0 fully saturated rings. The number of amides is 1. The molecule has 0 aliphatic rings. The van der Waals surface area contributed by atoms with Crippen LogP contribution in [0.1, 0.15) is 11.1 Å². The van der Waals surface area contributed by atoms with Crippen LogP contribution in [-0.4, -0.2) is 26.3 Å². The van der Waals surface area contributed by atoms with Gasteiger partial charge in [-0.2, -0.15) is 0 Å². The topological polar surface area (TPSA) is 67.2 Å². The maximum atomic E-state index is 12.1. The van der Waals surface area contributed by atoms with Gasteiger partial charge in [0.1, 0.15) is 5.75 Å². The van der Waals surface area contributed by atoms with Gasteiger partial charge in [-0.25, -0.2) is 4.98 Å². The fourth-order valence-electron chi connectivity index (χ4n) is 2.45. The van der Waals surface area contributed by atoms with E-state index in [-0.39, 0.29) is 17.4 Å². The molecule has 0 aliphatic heterocycles. The maximum absolute atomic E-state index is 12.1. The van der Waals surface area contributed by atoms with E-state index in [0.717, 1.165) is 16.4 Å². The fourth-order valence-corrected chi connectivity index (χ4v) is 3.22. The van der Waals surface area contributed by atoms with Gasteiger partial charge in [-0.15, -0.1) is 0 Å². The van der Waals surface area contributed by atoms with Gasteiger partial charge >= 0.3 is 0 Å². The van der Waals surface area contributed by atoms with E-state index < -0.39 is 0 Å². The van der Waals surface area contributed by atoms with Crippen LogP contribution in [-0.2, 0) is 4.79 Å². The summed E-state index contributed by atoms with van der Waals surface area (Å²) in [6.07, 6.45) is 3.62. The molecule has 0 atom stereocenters. The average molecular weight is 353 g/mol. The van der Waals surface area contributed by atoms with Gasteiger partial charge in [-0.1, -0.05) is 36.0 Å². The van der Waals surface area contributed by atoms with Gasteiger partial charge in [-0.05, 0) is 43.2 Å². The van der Waals surface area contributed by atoms with Crippen LogP contribution >= 0.6 is 11.8 Å². The maximum Gasteiger partial charge on any atom is 0.234 e. The fraction of sp³-hybridized carbons (Fsp3) is 0.158. The van der Waals surface area contributed by atoms with E-state index in [2.05, 4.69) is 28.5 Å².